The van der Waals surface area contributed by atoms with Gasteiger partial charge in [-0.2, -0.15) is 0 Å². The molecule has 0 aromatic carbocycles. The van der Waals surface area contributed by atoms with E-state index in [4.69, 9.17) is 25.8 Å². The van der Waals surface area contributed by atoms with Crippen molar-refractivity contribution in [1.82, 2.24) is 5.32 Å². The van der Waals surface area contributed by atoms with Crippen molar-refractivity contribution in [1.29, 1.82) is 0 Å². The van der Waals surface area contributed by atoms with Crippen LogP contribution in [0.5, 0.6) is 0 Å². The molecule has 0 aliphatic heterocycles. The molecule has 0 radical (unpaired) electrons. The fourth-order valence-corrected chi connectivity index (χ4v) is 2.91. The first-order valence-corrected chi connectivity index (χ1v) is 7.37. The van der Waals surface area contributed by atoms with Crippen LogP contribution < -0.4 is 5.32 Å². The van der Waals surface area contributed by atoms with Crippen LogP contribution in [0, 0.1) is 0 Å². The summed E-state index contributed by atoms with van der Waals surface area (Å²) in [4.78, 5) is 10.3. The van der Waals surface area contributed by atoms with E-state index in [0.717, 1.165) is 6.20 Å². The summed E-state index contributed by atoms with van der Waals surface area (Å²) in [6, 6.07) is 0. The molecule has 0 aromatic rings. The molecule has 0 saturated carbocycles. The van der Waals surface area contributed by atoms with Crippen LogP contribution in [0.4, 0.5) is 0 Å². The average Bonchev–Trinajstić information content (AvgIpc) is 2.13. The number of rotatable bonds is 8. The standard InChI is InChI=1S/C10H19ClNO5P/c1-7(2)16-18(15,17-8(3)4)9(11)5-12-6-10(13)14/h5,7-8,12H,6H2,1-4H3,(H,13,14). The molecular formula is C10H19ClNO5P. The average molecular weight is 300 g/mol. The second-order valence-electron chi connectivity index (χ2n) is 4.05. The van der Waals surface area contributed by atoms with Gasteiger partial charge in [-0.15, -0.1) is 0 Å². The maximum atomic E-state index is 12.4. The Morgan fingerprint density at radius 2 is 1.78 bits per heavy atom. The Morgan fingerprint density at radius 1 is 1.33 bits per heavy atom. The summed E-state index contributed by atoms with van der Waals surface area (Å²) < 4.78 is 22.6. The highest BCUT2D eigenvalue weighted by molar-refractivity contribution is 7.61. The van der Waals surface area contributed by atoms with E-state index in [0.29, 0.717) is 0 Å². The molecule has 0 atom stereocenters. The molecule has 0 spiro atoms. The Bertz CT molecular complexity index is 342. The van der Waals surface area contributed by atoms with Crippen LogP contribution in [-0.2, 0) is 18.4 Å². The van der Waals surface area contributed by atoms with Crippen LogP contribution >= 0.6 is 19.2 Å². The van der Waals surface area contributed by atoms with Crippen LogP contribution in [0.25, 0.3) is 0 Å². The number of aliphatic carboxylic acids is 1. The fourth-order valence-electron chi connectivity index (χ4n) is 0.982. The number of carboxylic acids is 1. The van der Waals surface area contributed by atoms with E-state index in [-0.39, 0.29) is 23.5 Å². The van der Waals surface area contributed by atoms with E-state index in [2.05, 4.69) is 5.32 Å². The van der Waals surface area contributed by atoms with Crippen LogP contribution in [-0.4, -0.2) is 29.8 Å². The summed E-state index contributed by atoms with van der Waals surface area (Å²) in [5, 5.41) is 10.9. The number of carboxylic acid groups (broad SMARTS) is 1. The fraction of sp³-hybridized carbons (Fsp3) is 0.700. The molecular weight excluding hydrogens is 281 g/mol. The first-order chi connectivity index (χ1) is 8.17. The summed E-state index contributed by atoms with van der Waals surface area (Å²) in [7, 11) is -3.61. The molecule has 106 valence electrons. The Hall–Kier alpha value is -0.550. The van der Waals surface area contributed by atoms with Crippen LogP contribution in [0.1, 0.15) is 27.7 Å². The van der Waals surface area contributed by atoms with Gasteiger partial charge in [-0.05, 0) is 27.7 Å². The van der Waals surface area contributed by atoms with Gasteiger partial charge in [-0.1, -0.05) is 11.6 Å². The van der Waals surface area contributed by atoms with Crippen LogP contribution in [0.15, 0.2) is 11.0 Å². The Kier molecular flexibility index (Phi) is 7.55. The van der Waals surface area contributed by atoms with Gasteiger partial charge < -0.3 is 19.5 Å². The number of nitrogens with one attached hydrogen (secondary N) is 1. The predicted octanol–water partition coefficient (Wildman–Crippen LogP) is 2.74. The second-order valence-corrected chi connectivity index (χ2v) is 6.62. The molecule has 0 fully saturated rings. The molecule has 2 N–H and O–H groups in total. The van der Waals surface area contributed by atoms with Crippen molar-refractivity contribution < 1.29 is 23.5 Å². The van der Waals surface area contributed by atoms with Crippen molar-refractivity contribution >= 4 is 25.2 Å². The van der Waals surface area contributed by atoms with Crippen molar-refractivity contribution in [3.63, 3.8) is 0 Å². The molecule has 8 heteroatoms. The zero-order valence-corrected chi connectivity index (χ0v) is 12.5. The van der Waals surface area contributed by atoms with E-state index in [1.807, 2.05) is 0 Å². The monoisotopic (exact) mass is 299 g/mol. The van der Waals surface area contributed by atoms with Gasteiger partial charge >= 0.3 is 13.6 Å². The predicted molar refractivity (Wildman–Crippen MR) is 69.6 cm³/mol. The third-order valence-electron chi connectivity index (χ3n) is 1.44. The molecule has 0 heterocycles. The van der Waals surface area contributed by atoms with Gasteiger partial charge in [-0.3, -0.25) is 9.36 Å². The molecule has 0 aliphatic rings. The molecule has 0 unspecified atom stereocenters. The summed E-state index contributed by atoms with van der Waals surface area (Å²) in [6.07, 6.45) is 0.453. The van der Waals surface area contributed by atoms with Crippen molar-refractivity contribution in [3.8, 4) is 0 Å². The number of hydrogen-bond acceptors (Lipinski definition) is 5. The van der Waals surface area contributed by atoms with Gasteiger partial charge in [0.25, 0.3) is 0 Å². The van der Waals surface area contributed by atoms with Crippen LogP contribution in [0.2, 0.25) is 0 Å². The van der Waals surface area contributed by atoms with E-state index in [9.17, 15) is 9.36 Å². The van der Waals surface area contributed by atoms with Gasteiger partial charge in [0, 0.05) is 6.20 Å². The van der Waals surface area contributed by atoms with E-state index in [1.165, 1.54) is 0 Å². The van der Waals surface area contributed by atoms with E-state index >= 15 is 0 Å². The maximum absolute atomic E-state index is 12.4. The molecule has 18 heavy (non-hydrogen) atoms. The lowest BCUT2D eigenvalue weighted by Crippen LogP contribution is -2.17. The highest BCUT2D eigenvalue weighted by Crippen LogP contribution is 2.59. The van der Waals surface area contributed by atoms with Crippen molar-refractivity contribution in [2.45, 2.75) is 39.9 Å². The van der Waals surface area contributed by atoms with Gasteiger partial charge in [0.1, 0.15) is 11.3 Å². The largest absolute Gasteiger partial charge is 0.480 e. The van der Waals surface area contributed by atoms with Crippen LogP contribution in [0.3, 0.4) is 0 Å². The third kappa shape index (κ3) is 7.01. The summed E-state index contributed by atoms with van der Waals surface area (Å²) in [5.74, 6) is -1.06. The highest BCUT2D eigenvalue weighted by Gasteiger charge is 2.32. The quantitative estimate of drug-likeness (QED) is 0.670. The zero-order valence-electron chi connectivity index (χ0n) is 10.8. The molecule has 0 amide bonds. The van der Waals surface area contributed by atoms with Crippen molar-refractivity contribution in [3.05, 3.63) is 11.0 Å². The molecule has 0 rings (SSSR count). The third-order valence-corrected chi connectivity index (χ3v) is 4.22. The smallest absolute Gasteiger partial charge is 0.374 e. The first kappa shape index (κ1) is 17.4. The van der Waals surface area contributed by atoms with E-state index in [1.54, 1.807) is 27.7 Å². The second kappa shape index (κ2) is 7.79. The lowest BCUT2D eigenvalue weighted by molar-refractivity contribution is -0.135. The number of carbonyl (C=O) groups is 1. The topological polar surface area (TPSA) is 84.9 Å². The number of hydrogen-bond donors (Lipinski definition) is 2. The molecule has 0 saturated heterocycles. The van der Waals surface area contributed by atoms with Gasteiger partial charge in [0.05, 0.1) is 12.2 Å². The van der Waals surface area contributed by atoms with Gasteiger partial charge in [0.15, 0.2) is 0 Å². The summed E-state index contributed by atoms with van der Waals surface area (Å²) >= 11 is 5.85. The molecule has 0 bridgehead atoms. The Balaban J connectivity index is 4.83. The van der Waals surface area contributed by atoms with Gasteiger partial charge in [0.2, 0.25) is 0 Å². The normalized spacial score (nSPS) is 13.2. The highest BCUT2D eigenvalue weighted by atomic mass is 35.5. The minimum atomic E-state index is -3.61. The SMILES string of the molecule is CC(C)OP(=O)(OC(C)C)C(Cl)=CNCC(=O)O. The Morgan fingerprint density at radius 3 is 2.11 bits per heavy atom. The lowest BCUT2D eigenvalue weighted by atomic mass is 10.5. The molecule has 0 aliphatic carbocycles. The summed E-state index contributed by atoms with van der Waals surface area (Å²) in [5.41, 5.74) is 0. The van der Waals surface area contributed by atoms with Crippen molar-refractivity contribution in [2.75, 3.05) is 6.54 Å². The van der Waals surface area contributed by atoms with E-state index < -0.39 is 13.6 Å². The minimum absolute atomic E-state index is 0.175. The first-order valence-electron chi connectivity index (χ1n) is 5.45. The Labute approximate surface area is 112 Å². The number of halogens is 1. The summed E-state index contributed by atoms with van der Waals surface area (Å²) in [6.45, 7) is 6.46. The van der Waals surface area contributed by atoms with Gasteiger partial charge in [-0.25, -0.2) is 0 Å². The molecule has 6 nitrogen and oxygen atoms in total. The zero-order chi connectivity index (χ0) is 14.3. The maximum Gasteiger partial charge on any atom is 0.374 e. The molecule has 0 aromatic heterocycles. The van der Waals surface area contributed by atoms with Crippen molar-refractivity contribution in [2.24, 2.45) is 0 Å². The lowest BCUT2D eigenvalue weighted by Gasteiger charge is -2.22. The minimum Gasteiger partial charge on any atom is -0.480 e.